The van der Waals surface area contributed by atoms with Crippen LogP contribution in [0.1, 0.15) is 24.5 Å². The predicted molar refractivity (Wildman–Crippen MR) is 108 cm³/mol. The molecule has 0 fully saturated rings. The van der Waals surface area contributed by atoms with E-state index in [1.165, 1.54) is 4.90 Å². The highest BCUT2D eigenvalue weighted by Crippen LogP contribution is 2.49. The number of amides is 1. The van der Waals surface area contributed by atoms with Gasteiger partial charge in [0.25, 0.3) is 5.79 Å². The summed E-state index contributed by atoms with van der Waals surface area (Å²) >= 11 is 6.28. The van der Waals surface area contributed by atoms with Crippen molar-refractivity contribution in [3.63, 3.8) is 0 Å². The van der Waals surface area contributed by atoms with E-state index in [2.05, 4.69) is 0 Å². The lowest BCUT2D eigenvalue weighted by Gasteiger charge is -2.25. The van der Waals surface area contributed by atoms with E-state index >= 15 is 0 Å². The van der Waals surface area contributed by atoms with Crippen molar-refractivity contribution in [1.29, 1.82) is 0 Å². The highest BCUT2D eigenvalue weighted by Gasteiger charge is 2.42. The molecule has 3 aromatic rings. The molecule has 2 aliphatic heterocycles. The first-order chi connectivity index (χ1) is 14.0. The summed E-state index contributed by atoms with van der Waals surface area (Å²) in [6, 6.07) is 11.2. The van der Waals surface area contributed by atoms with Gasteiger partial charge < -0.3 is 23.9 Å². The van der Waals surface area contributed by atoms with E-state index in [0.717, 1.165) is 22.1 Å². The Balaban J connectivity index is 1.53. The fourth-order valence-corrected chi connectivity index (χ4v) is 4.17. The third kappa shape index (κ3) is 2.83. The molecule has 1 atom stereocenters. The van der Waals surface area contributed by atoms with Gasteiger partial charge in [-0.05, 0) is 36.3 Å². The number of carbonyl (C=O) groups is 1. The van der Waals surface area contributed by atoms with Crippen LogP contribution < -0.4 is 9.47 Å². The minimum atomic E-state index is -1.07. The molecule has 3 heterocycles. The molecule has 1 aromatic heterocycles. The van der Waals surface area contributed by atoms with Crippen molar-refractivity contribution in [1.82, 2.24) is 4.90 Å². The van der Waals surface area contributed by atoms with Crippen LogP contribution >= 0.6 is 11.6 Å². The lowest BCUT2D eigenvalue weighted by atomic mass is 9.98. The number of rotatable bonds is 2. The molecule has 1 amide bonds. The van der Waals surface area contributed by atoms with Gasteiger partial charge in [0.1, 0.15) is 5.58 Å². The maximum absolute atomic E-state index is 11.2. The van der Waals surface area contributed by atoms with Crippen LogP contribution in [0.5, 0.6) is 11.5 Å². The van der Waals surface area contributed by atoms with Gasteiger partial charge in [0.05, 0.1) is 16.8 Å². The first kappa shape index (κ1) is 17.9. The Labute approximate surface area is 171 Å². The molecule has 6 nitrogen and oxygen atoms in total. The molecule has 1 unspecified atom stereocenters. The number of furan rings is 1. The molecule has 0 radical (unpaired) electrons. The molecule has 0 aliphatic carbocycles. The van der Waals surface area contributed by atoms with Crippen LogP contribution in [-0.4, -0.2) is 29.2 Å². The van der Waals surface area contributed by atoms with Crippen molar-refractivity contribution < 1.29 is 23.8 Å². The average molecular weight is 412 g/mol. The lowest BCUT2D eigenvalue weighted by molar-refractivity contribution is -0.0674. The Bertz CT molecular complexity index is 1170. The van der Waals surface area contributed by atoms with Crippen molar-refractivity contribution in [2.45, 2.75) is 19.1 Å². The van der Waals surface area contributed by atoms with E-state index in [1.807, 2.05) is 43.3 Å². The Morgan fingerprint density at radius 3 is 2.83 bits per heavy atom. The van der Waals surface area contributed by atoms with Crippen molar-refractivity contribution in [2.75, 3.05) is 13.1 Å². The molecule has 5 rings (SSSR count). The summed E-state index contributed by atoms with van der Waals surface area (Å²) in [5.41, 5.74) is 3.34. The Morgan fingerprint density at radius 2 is 2.07 bits per heavy atom. The van der Waals surface area contributed by atoms with Crippen LogP contribution in [0, 0.1) is 0 Å². The molecule has 148 valence electrons. The topological polar surface area (TPSA) is 72.1 Å². The van der Waals surface area contributed by atoms with Gasteiger partial charge in [0.15, 0.2) is 11.5 Å². The number of carboxylic acid groups (broad SMARTS) is 1. The maximum atomic E-state index is 11.2. The number of hydrogen-bond donors (Lipinski definition) is 1. The fraction of sp³-hybridized carbons (Fsp3) is 0.227. The summed E-state index contributed by atoms with van der Waals surface area (Å²) in [7, 11) is 0. The van der Waals surface area contributed by atoms with Crippen molar-refractivity contribution in [2.24, 2.45) is 0 Å². The second-order valence-electron chi connectivity index (χ2n) is 7.25. The quantitative estimate of drug-likeness (QED) is 0.603. The third-order valence-electron chi connectivity index (χ3n) is 5.46. The minimum Gasteiger partial charge on any atom is -0.465 e. The largest absolute Gasteiger partial charge is 0.465 e. The molecule has 2 aromatic carbocycles. The zero-order chi connectivity index (χ0) is 20.2. The number of para-hydroxylation sites is 1. The van der Waals surface area contributed by atoms with Gasteiger partial charge in [0, 0.05) is 31.0 Å². The molecule has 0 saturated carbocycles. The van der Waals surface area contributed by atoms with Crippen LogP contribution in [-0.2, 0) is 5.79 Å². The van der Waals surface area contributed by atoms with Gasteiger partial charge in [-0.3, -0.25) is 0 Å². The predicted octanol–water partition coefficient (Wildman–Crippen LogP) is 5.50. The monoisotopic (exact) mass is 411 g/mol. The number of fused-ring (bicyclic) bond motifs is 2. The van der Waals surface area contributed by atoms with Crippen LogP contribution in [0.3, 0.4) is 0 Å². The van der Waals surface area contributed by atoms with E-state index in [9.17, 15) is 4.79 Å². The molecule has 0 saturated heterocycles. The van der Waals surface area contributed by atoms with Gasteiger partial charge in [-0.15, -0.1) is 0 Å². The Hall–Kier alpha value is -3.12. The molecule has 0 spiro atoms. The average Bonchev–Trinajstić information content (AvgIpc) is 3.33. The molecular formula is C22H18ClNO5. The van der Waals surface area contributed by atoms with E-state index in [4.69, 9.17) is 30.6 Å². The number of ether oxygens (including phenoxy) is 2. The second-order valence-corrected chi connectivity index (χ2v) is 7.66. The summed E-state index contributed by atoms with van der Waals surface area (Å²) in [6.07, 6.45) is 3.24. The third-order valence-corrected chi connectivity index (χ3v) is 5.79. The zero-order valence-corrected chi connectivity index (χ0v) is 16.4. The highest BCUT2D eigenvalue weighted by atomic mass is 35.5. The van der Waals surface area contributed by atoms with E-state index in [1.54, 1.807) is 12.3 Å². The van der Waals surface area contributed by atoms with E-state index in [-0.39, 0.29) is 0 Å². The lowest BCUT2D eigenvalue weighted by Crippen LogP contribution is -2.33. The molecule has 0 bridgehead atoms. The smallest absolute Gasteiger partial charge is 0.407 e. The summed E-state index contributed by atoms with van der Waals surface area (Å²) in [4.78, 5) is 12.6. The first-order valence-corrected chi connectivity index (χ1v) is 9.68. The summed E-state index contributed by atoms with van der Waals surface area (Å²) < 4.78 is 18.3. The normalized spacial score (nSPS) is 20.8. The van der Waals surface area contributed by atoms with Crippen molar-refractivity contribution in [3.05, 3.63) is 64.9 Å². The standard InChI is InChI=1S/C22H18ClNO5/c1-22(16-5-6-17(23)15-9-12-27-19(15)16)28-18-4-2-3-14(20(18)29-22)13-7-10-24(11-8-13)21(25)26/h2-7,9,12H,8,10-11H2,1H3,(H,25,26). The Kier molecular flexibility index (Phi) is 3.99. The highest BCUT2D eigenvalue weighted by molar-refractivity contribution is 6.35. The second kappa shape index (κ2) is 6.46. The van der Waals surface area contributed by atoms with Gasteiger partial charge in [-0.1, -0.05) is 29.8 Å². The molecule has 1 N–H and O–H groups in total. The van der Waals surface area contributed by atoms with Crippen molar-refractivity contribution >= 4 is 34.2 Å². The molecule has 29 heavy (non-hydrogen) atoms. The Morgan fingerprint density at radius 1 is 1.21 bits per heavy atom. The molecule has 2 aliphatic rings. The minimum absolute atomic E-state index is 0.358. The van der Waals surface area contributed by atoms with Crippen molar-refractivity contribution in [3.8, 4) is 11.5 Å². The van der Waals surface area contributed by atoms with Crippen LogP contribution in [0.15, 0.2) is 53.2 Å². The van der Waals surface area contributed by atoms with Crippen LogP contribution in [0.2, 0.25) is 5.02 Å². The number of benzene rings is 2. The zero-order valence-electron chi connectivity index (χ0n) is 15.6. The molecule has 7 heteroatoms. The fourth-order valence-electron chi connectivity index (χ4n) is 3.96. The van der Waals surface area contributed by atoms with Gasteiger partial charge in [-0.2, -0.15) is 0 Å². The van der Waals surface area contributed by atoms with Crippen LogP contribution in [0.25, 0.3) is 16.5 Å². The van der Waals surface area contributed by atoms with E-state index in [0.29, 0.717) is 41.6 Å². The number of halogens is 1. The maximum Gasteiger partial charge on any atom is 0.407 e. The number of hydrogen-bond acceptors (Lipinski definition) is 4. The van der Waals surface area contributed by atoms with Gasteiger partial charge >= 0.3 is 6.09 Å². The van der Waals surface area contributed by atoms with Crippen LogP contribution in [0.4, 0.5) is 4.79 Å². The van der Waals surface area contributed by atoms with Gasteiger partial charge in [0.2, 0.25) is 0 Å². The summed E-state index contributed by atoms with van der Waals surface area (Å²) in [5, 5.41) is 10.6. The summed E-state index contributed by atoms with van der Waals surface area (Å²) in [5.74, 6) is 0.225. The first-order valence-electron chi connectivity index (χ1n) is 9.31. The SMILES string of the molecule is CC1(c2ccc(Cl)c3ccoc23)Oc2cccc(C3=CCN(C(=O)O)CC3)c2O1. The van der Waals surface area contributed by atoms with E-state index < -0.39 is 11.9 Å². The number of nitrogens with zero attached hydrogens (tertiary/aromatic N) is 1. The summed E-state index contributed by atoms with van der Waals surface area (Å²) in [6.45, 7) is 2.66. The van der Waals surface area contributed by atoms with Gasteiger partial charge in [-0.25, -0.2) is 4.79 Å². The molecular weight excluding hydrogens is 394 g/mol.